The molecule has 0 atom stereocenters. The zero-order chi connectivity index (χ0) is 20.4. The lowest BCUT2D eigenvalue weighted by Crippen LogP contribution is -2.13. The average molecular weight is 370 g/mol. The molecule has 0 bridgehead atoms. The summed E-state index contributed by atoms with van der Waals surface area (Å²) >= 11 is 0. The zero-order valence-electron chi connectivity index (χ0n) is 16.9. The molecule has 0 aromatic heterocycles. The van der Waals surface area contributed by atoms with Gasteiger partial charge < -0.3 is 0 Å². The highest BCUT2D eigenvalue weighted by Gasteiger charge is 2.25. The molecular weight excluding hydrogens is 344 g/mol. The van der Waals surface area contributed by atoms with Crippen LogP contribution in [0.25, 0.3) is 5.57 Å². The van der Waals surface area contributed by atoms with E-state index in [1.54, 1.807) is 6.20 Å². The van der Waals surface area contributed by atoms with Crippen molar-refractivity contribution < 1.29 is 4.79 Å². The van der Waals surface area contributed by atoms with Gasteiger partial charge >= 0.3 is 0 Å². The van der Waals surface area contributed by atoms with Crippen molar-refractivity contribution in [2.75, 3.05) is 0 Å². The predicted molar refractivity (Wildman–Crippen MR) is 117 cm³/mol. The normalized spacial score (nSPS) is 11.4. The van der Waals surface area contributed by atoms with Crippen molar-refractivity contribution in [2.45, 2.75) is 27.7 Å². The van der Waals surface area contributed by atoms with Crippen LogP contribution in [0.4, 0.5) is 5.69 Å². The first kappa shape index (κ1) is 21.0. The fourth-order valence-corrected chi connectivity index (χ4v) is 2.91. The summed E-state index contributed by atoms with van der Waals surface area (Å²) in [5.41, 5.74) is 4.92. The second-order valence-corrected chi connectivity index (χ2v) is 5.51. The van der Waals surface area contributed by atoms with Crippen LogP contribution in [-0.4, -0.2) is 5.78 Å². The minimum absolute atomic E-state index is 0.0540. The van der Waals surface area contributed by atoms with E-state index in [2.05, 4.69) is 10.2 Å². The van der Waals surface area contributed by atoms with Crippen molar-refractivity contribution in [1.29, 1.82) is 0 Å². The van der Waals surface area contributed by atoms with Gasteiger partial charge in [0.15, 0.2) is 5.78 Å². The molecule has 3 aromatic carbocycles. The Morgan fingerprint density at radius 2 is 1.04 bits per heavy atom. The molecule has 3 aromatic rings. The summed E-state index contributed by atoms with van der Waals surface area (Å²) in [4.78, 5) is 12.7. The third kappa shape index (κ3) is 4.49. The van der Waals surface area contributed by atoms with E-state index in [1.807, 2.05) is 107 Å². The van der Waals surface area contributed by atoms with Crippen molar-refractivity contribution >= 4 is 17.0 Å². The molecule has 0 aliphatic heterocycles. The summed E-state index contributed by atoms with van der Waals surface area (Å²) < 4.78 is 0. The lowest BCUT2D eigenvalue weighted by atomic mass is 9.82. The first-order valence-corrected chi connectivity index (χ1v) is 9.74. The molecule has 0 fully saturated rings. The van der Waals surface area contributed by atoms with Gasteiger partial charge in [-0.2, -0.15) is 10.2 Å². The smallest absolute Gasteiger partial charge is 0.194 e. The van der Waals surface area contributed by atoms with Crippen molar-refractivity contribution in [3.63, 3.8) is 0 Å². The van der Waals surface area contributed by atoms with Crippen molar-refractivity contribution in [1.82, 2.24) is 0 Å². The predicted octanol–water partition coefficient (Wildman–Crippen LogP) is 7.46. The molecule has 0 N–H and O–H groups in total. The fraction of sp³-hybridized carbons (Fsp3) is 0.160. The van der Waals surface area contributed by atoms with Crippen LogP contribution in [0.1, 0.15) is 54.7 Å². The summed E-state index contributed by atoms with van der Waals surface area (Å²) in [6.45, 7) is 8.00. The first-order chi connectivity index (χ1) is 13.8. The monoisotopic (exact) mass is 370 g/mol. The maximum atomic E-state index is 12.7. The quantitative estimate of drug-likeness (QED) is 0.338. The minimum atomic E-state index is 0.0540. The Balaban J connectivity index is 0.000000660. The van der Waals surface area contributed by atoms with E-state index >= 15 is 0 Å². The maximum Gasteiger partial charge on any atom is 0.194 e. The fourth-order valence-electron chi connectivity index (χ4n) is 2.91. The molecule has 0 saturated carbocycles. The van der Waals surface area contributed by atoms with Crippen LogP contribution in [0.15, 0.2) is 95.3 Å². The molecule has 0 heterocycles. The van der Waals surface area contributed by atoms with Crippen LogP contribution in [0, 0.1) is 0 Å². The van der Waals surface area contributed by atoms with Crippen molar-refractivity contribution in [2.24, 2.45) is 10.2 Å². The Labute approximate surface area is 167 Å². The van der Waals surface area contributed by atoms with E-state index in [-0.39, 0.29) is 5.78 Å². The lowest BCUT2D eigenvalue weighted by Gasteiger charge is -2.20. The van der Waals surface area contributed by atoms with Gasteiger partial charge in [-0.05, 0) is 23.3 Å². The van der Waals surface area contributed by atoms with Gasteiger partial charge in [-0.15, -0.1) is 0 Å². The number of azo groups is 1. The number of benzene rings is 3. The minimum Gasteiger partial charge on any atom is -0.289 e. The Hall–Kier alpha value is -3.33. The van der Waals surface area contributed by atoms with Gasteiger partial charge in [0.05, 0.1) is 11.9 Å². The summed E-state index contributed by atoms with van der Waals surface area (Å²) in [6, 6.07) is 24.8. The van der Waals surface area contributed by atoms with E-state index in [0.29, 0.717) is 11.1 Å². The maximum absolute atomic E-state index is 12.7. The van der Waals surface area contributed by atoms with Crippen LogP contribution in [0.5, 0.6) is 0 Å². The van der Waals surface area contributed by atoms with E-state index in [0.717, 1.165) is 22.4 Å². The van der Waals surface area contributed by atoms with Crippen molar-refractivity contribution in [3.8, 4) is 0 Å². The van der Waals surface area contributed by atoms with E-state index in [1.165, 1.54) is 0 Å². The summed E-state index contributed by atoms with van der Waals surface area (Å²) in [5.74, 6) is 0.0540. The van der Waals surface area contributed by atoms with Gasteiger partial charge in [0.1, 0.15) is 0 Å². The Kier molecular flexibility index (Phi) is 8.04. The standard InChI is InChI=1S/C21H14N2O.2C2H6/c24-21-18-12-6-4-10-16(18)20(17-11-5-7-13-19(17)21)14-22-23-15-8-2-1-3-9-15;2*1-2/h1-14H;2*1-2H3. The molecule has 4 rings (SSSR count). The highest BCUT2D eigenvalue weighted by Crippen LogP contribution is 2.35. The average Bonchev–Trinajstić information content (AvgIpc) is 2.79. The molecule has 3 nitrogen and oxygen atoms in total. The highest BCUT2D eigenvalue weighted by atomic mass is 16.1. The van der Waals surface area contributed by atoms with E-state index in [4.69, 9.17) is 0 Å². The number of nitrogens with zero attached hydrogens (tertiary/aromatic N) is 2. The molecule has 1 aliphatic carbocycles. The second-order valence-electron chi connectivity index (χ2n) is 5.51. The largest absolute Gasteiger partial charge is 0.289 e. The van der Waals surface area contributed by atoms with Gasteiger partial charge in [0, 0.05) is 16.7 Å². The molecular formula is C25H26N2O. The van der Waals surface area contributed by atoms with Crippen LogP contribution in [0.3, 0.4) is 0 Å². The van der Waals surface area contributed by atoms with Gasteiger partial charge in [0.2, 0.25) is 0 Å². The highest BCUT2D eigenvalue weighted by molar-refractivity contribution is 6.18. The number of ketones is 1. The Morgan fingerprint density at radius 3 is 1.54 bits per heavy atom. The van der Waals surface area contributed by atoms with Gasteiger partial charge in [-0.1, -0.05) is 94.4 Å². The number of rotatable bonds is 2. The summed E-state index contributed by atoms with van der Waals surface area (Å²) in [7, 11) is 0. The third-order valence-electron chi connectivity index (χ3n) is 4.04. The second kappa shape index (κ2) is 10.7. The van der Waals surface area contributed by atoms with Gasteiger partial charge in [0.25, 0.3) is 0 Å². The SMILES string of the molecule is CC.CC.O=C1c2ccccc2C(=CN=Nc2ccccc2)c2ccccc21. The molecule has 0 amide bonds. The molecule has 0 unspecified atom stereocenters. The molecule has 142 valence electrons. The van der Waals surface area contributed by atoms with E-state index < -0.39 is 0 Å². The van der Waals surface area contributed by atoms with E-state index in [9.17, 15) is 4.79 Å². The summed E-state index contributed by atoms with van der Waals surface area (Å²) in [6.07, 6.45) is 1.73. The number of fused-ring (bicyclic) bond motifs is 2. The van der Waals surface area contributed by atoms with Crippen LogP contribution in [-0.2, 0) is 0 Å². The van der Waals surface area contributed by atoms with Crippen molar-refractivity contribution in [3.05, 3.63) is 107 Å². The van der Waals surface area contributed by atoms with Crippen LogP contribution in [0.2, 0.25) is 0 Å². The molecule has 28 heavy (non-hydrogen) atoms. The Bertz CT molecular complexity index is 921. The van der Waals surface area contributed by atoms with Gasteiger partial charge in [-0.25, -0.2) is 0 Å². The molecule has 1 aliphatic rings. The number of hydrogen-bond acceptors (Lipinski definition) is 3. The molecule has 0 radical (unpaired) electrons. The number of hydrogen-bond donors (Lipinski definition) is 0. The van der Waals surface area contributed by atoms with Crippen LogP contribution < -0.4 is 0 Å². The first-order valence-electron chi connectivity index (χ1n) is 9.74. The van der Waals surface area contributed by atoms with Gasteiger partial charge in [-0.3, -0.25) is 4.79 Å². The van der Waals surface area contributed by atoms with Crippen LogP contribution >= 0.6 is 0 Å². The lowest BCUT2D eigenvalue weighted by molar-refractivity contribution is 0.103. The molecule has 0 spiro atoms. The summed E-state index contributed by atoms with van der Waals surface area (Å²) in [5, 5.41) is 8.47. The number of carbonyl (C=O) groups excluding carboxylic acids is 1. The number of carbonyl (C=O) groups is 1. The molecule has 0 saturated heterocycles. The third-order valence-corrected chi connectivity index (χ3v) is 4.04. The topological polar surface area (TPSA) is 41.8 Å². The molecule has 3 heteroatoms. The Morgan fingerprint density at radius 1 is 0.607 bits per heavy atom. The zero-order valence-corrected chi connectivity index (χ0v) is 16.9.